The van der Waals surface area contributed by atoms with E-state index in [4.69, 9.17) is 4.74 Å². The topological polar surface area (TPSA) is 63.2 Å². The first-order chi connectivity index (χ1) is 10.3. The zero-order valence-corrected chi connectivity index (χ0v) is 13.1. The Bertz CT molecular complexity index is 589. The van der Waals surface area contributed by atoms with E-state index in [1.807, 2.05) is 31.7 Å². The Kier molecular flexibility index (Phi) is 4.42. The van der Waals surface area contributed by atoms with Crippen LogP contribution in [0.2, 0.25) is 0 Å². The molecule has 1 saturated heterocycles. The number of hydrogen-bond donors (Lipinski definition) is 1. The lowest BCUT2D eigenvalue weighted by atomic mass is 10.2. The molecule has 0 unspecified atom stereocenters. The minimum Gasteiger partial charge on any atom is -0.378 e. The van der Waals surface area contributed by atoms with Crippen LogP contribution in [0.1, 0.15) is 22.4 Å². The number of rotatable bonds is 4. The highest BCUT2D eigenvalue weighted by molar-refractivity contribution is 7.09. The Labute approximate surface area is 128 Å². The van der Waals surface area contributed by atoms with Crippen LogP contribution < -0.4 is 5.32 Å². The van der Waals surface area contributed by atoms with Crippen LogP contribution in [-0.2, 0) is 11.3 Å². The minimum atomic E-state index is 0.0906. The van der Waals surface area contributed by atoms with Gasteiger partial charge in [0.1, 0.15) is 11.6 Å². The quantitative estimate of drug-likeness (QED) is 0.930. The summed E-state index contributed by atoms with van der Waals surface area (Å²) in [6, 6.07) is 2.04. The smallest absolute Gasteiger partial charge is 0.150 e. The number of aryl methyl sites for hydroxylation is 1. The van der Waals surface area contributed by atoms with Crippen LogP contribution in [0.4, 0.5) is 5.82 Å². The molecule has 3 rings (SSSR count). The van der Waals surface area contributed by atoms with E-state index in [9.17, 15) is 0 Å². The molecule has 1 aliphatic heterocycles. The predicted molar refractivity (Wildman–Crippen MR) is 82.4 cm³/mol. The van der Waals surface area contributed by atoms with E-state index in [2.05, 4.69) is 25.2 Å². The van der Waals surface area contributed by atoms with Crippen LogP contribution in [0.3, 0.4) is 0 Å². The van der Waals surface area contributed by atoms with Gasteiger partial charge >= 0.3 is 0 Å². The largest absolute Gasteiger partial charge is 0.378 e. The average molecular weight is 305 g/mol. The molecule has 1 fully saturated rings. The average Bonchev–Trinajstić information content (AvgIpc) is 3.00. The molecule has 0 spiro atoms. The van der Waals surface area contributed by atoms with Gasteiger partial charge in [0.15, 0.2) is 0 Å². The highest BCUT2D eigenvalue weighted by Crippen LogP contribution is 2.25. The Balaban J connectivity index is 1.85. The van der Waals surface area contributed by atoms with Crippen molar-refractivity contribution in [2.24, 2.45) is 0 Å². The van der Waals surface area contributed by atoms with Gasteiger partial charge in [-0.15, -0.1) is 11.3 Å². The van der Waals surface area contributed by atoms with Crippen molar-refractivity contribution >= 4 is 17.2 Å². The van der Waals surface area contributed by atoms with Crippen LogP contribution >= 0.6 is 11.3 Å². The Morgan fingerprint density at radius 2 is 2.38 bits per heavy atom. The van der Waals surface area contributed by atoms with Crippen LogP contribution in [-0.4, -0.2) is 46.7 Å². The molecule has 0 amide bonds. The van der Waals surface area contributed by atoms with Crippen LogP contribution in [0, 0.1) is 6.92 Å². The molecule has 3 heterocycles. The molecule has 7 heteroatoms. The van der Waals surface area contributed by atoms with E-state index in [1.54, 1.807) is 11.3 Å². The van der Waals surface area contributed by atoms with Gasteiger partial charge in [0, 0.05) is 43.0 Å². The molecule has 1 N–H and O–H groups in total. The first kappa shape index (κ1) is 14.4. The first-order valence-electron chi connectivity index (χ1n) is 6.99. The summed E-state index contributed by atoms with van der Waals surface area (Å²) in [5.41, 5.74) is 2.83. The molecular weight excluding hydrogens is 286 g/mol. The number of nitrogens with zero attached hydrogens (tertiary/aromatic N) is 4. The van der Waals surface area contributed by atoms with Gasteiger partial charge in [0.05, 0.1) is 24.8 Å². The fourth-order valence-corrected chi connectivity index (χ4v) is 3.07. The van der Waals surface area contributed by atoms with Crippen molar-refractivity contribution in [1.29, 1.82) is 0 Å². The maximum Gasteiger partial charge on any atom is 0.150 e. The SMILES string of the molecule is CNc1cc(C)nc([C@@H]2COCCN2Cc2cncs2)n1. The molecule has 2 aromatic rings. The zero-order chi connectivity index (χ0) is 14.7. The van der Waals surface area contributed by atoms with Gasteiger partial charge in [-0.3, -0.25) is 9.88 Å². The van der Waals surface area contributed by atoms with Crippen LogP contribution in [0.15, 0.2) is 17.8 Å². The molecule has 0 saturated carbocycles. The van der Waals surface area contributed by atoms with E-state index < -0.39 is 0 Å². The summed E-state index contributed by atoms with van der Waals surface area (Å²) in [7, 11) is 1.87. The third kappa shape index (κ3) is 3.37. The number of aromatic nitrogens is 3. The van der Waals surface area contributed by atoms with Gasteiger partial charge in [-0.05, 0) is 6.92 Å². The second kappa shape index (κ2) is 6.46. The van der Waals surface area contributed by atoms with Gasteiger partial charge in [0.25, 0.3) is 0 Å². The molecule has 1 atom stereocenters. The maximum absolute atomic E-state index is 5.65. The molecule has 0 aromatic carbocycles. The lowest BCUT2D eigenvalue weighted by Gasteiger charge is -2.34. The maximum atomic E-state index is 5.65. The summed E-state index contributed by atoms with van der Waals surface area (Å²) >= 11 is 1.68. The monoisotopic (exact) mass is 305 g/mol. The molecule has 0 bridgehead atoms. The number of ether oxygens (including phenoxy) is 1. The van der Waals surface area contributed by atoms with Crippen LogP contribution in [0.25, 0.3) is 0 Å². The fourth-order valence-electron chi connectivity index (χ4n) is 2.45. The molecule has 0 aliphatic carbocycles. The summed E-state index contributed by atoms with van der Waals surface area (Å²) in [5, 5.41) is 3.09. The summed E-state index contributed by atoms with van der Waals surface area (Å²) in [6.45, 7) is 5.12. The van der Waals surface area contributed by atoms with Crippen molar-refractivity contribution in [3.63, 3.8) is 0 Å². The summed E-state index contributed by atoms with van der Waals surface area (Å²) in [6.07, 6.45) is 1.92. The Morgan fingerprint density at radius 3 is 3.14 bits per heavy atom. The van der Waals surface area contributed by atoms with E-state index in [0.717, 1.165) is 37.0 Å². The van der Waals surface area contributed by atoms with Crippen molar-refractivity contribution in [3.05, 3.63) is 34.2 Å². The second-order valence-electron chi connectivity index (χ2n) is 5.03. The number of hydrogen-bond acceptors (Lipinski definition) is 7. The number of thiazole rings is 1. The zero-order valence-electron chi connectivity index (χ0n) is 12.2. The van der Waals surface area contributed by atoms with Crippen molar-refractivity contribution in [1.82, 2.24) is 19.9 Å². The molecule has 112 valence electrons. The van der Waals surface area contributed by atoms with E-state index in [0.29, 0.717) is 6.61 Å². The number of nitrogens with one attached hydrogen (secondary N) is 1. The highest BCUT2D eigenvalue weighted by atomic mass is 32.1. The van der Waals surface area contributed by atoms with Gasteiger partial charge in [-0.1, -0.05) is 0 Å². The lowest BCUT2D eigenvalue weighted by molar-refractivity contribution is -0.0155. The van der Waals surface area contributed by atoms with Crippen LogP contribution in [0.5, 0.6) is 0 Å². The fraction of sp³-hybridized carbons (Fsp3) is 0.500. The van der Waals surface area contributed by atoms with Gasteiger partial charge in [-0.25, -0.2) is 9.97 Å². The van der Waals surface area contributed by atoms with E-state index in [1.165, 1.54) is 4.88 Å². The second-order valence-corrected chi connectivity index (χ2v) is 6.00. The minimum absolute atomic E-state index is 0.0906. The third-order valence-electron chi connectivity index (χ3n) is 3.51. The molecule has 0 radical (unpaired) electrons. The first-order valence-corrected chi connectivity index (χ1v) is 7.86. The highest BCUT2D eigenvalue weighted by Gasteiger charge is 2.27. The van der Waals surface area contributed by atoms with Crippen molar-refractivity contribution in [2.75, 3.05) is 32.1 Å². The van der Waals surface area contributed by atoms with Crippen molar-refractivity contribution in [3.8, 4) is 0 Å². The normalized spacial score (nSPS) is 19.6. The molecule has 1 aliphatic rings. The summed E-state index contributed by atoms with van der Waals surface area (Å²) in [4.78, 5) is 17.0. The van der Waals surface area contributed by atoms with Crippen molar-refractivity contribution < 1.29 is 4.74 Å². The van der Waals surface area contributed by atoms with Gasteiger partial charge in [0.2, 0.25) is 0 Å². The number of anilines is 1. The summed E-state index contributed by atoms with van der Waals surface area (Å²) in [5.74, 6) is 1.67. The standard InChI is InChI=1S/C14H19N5OS/c1-10-5-13(15-2)18-14(17-10)12-8-20-4-3-19(12)7-11-6-16-9-21-11/h5-6,9,12H,3-4,7-8H2,1-2H3,(H,15,17,18)/t12-/m0/s1. The Morgan fingerprint density at radius 1 is 1.48 bits per heavy atom. The third-order valence-corrected chi connectivity index (χ3v) is 4.27. The molecule has 6 nitrogen and oxygen atoms in total. The predicted octanol–water partition coefficient (Wildman–Crippen LogP) is 1.86. The number of morpholine rings is 1. The lowest BCUT2D eigenvalue weighted by Crippen LogP contribution is -2.39. The van der Waals surface area contributed by atoms with Gasteiger partial charge < -0.3 is 10.1 Å². The molecule has 21 heavy (non-hydrogen) atoms. The van der Waals surface area contributed by atoms with E-state index >= 15 is 0 Å². The van der Waals surface area contributed by atoms with Gasteiger partial charge in [-0.2, -0.15) is 0 Å². The summed E-state index contributed by atoms with van der Waals surface area (Å²) < 4.78 is 5.65. The molecular formula is C14H19N5OS. The Hall–Kier alpha value is -1.57. The van der Waals surface area contributed by atoms with E-state index in [-0.39, 0.29) is 6.04 Å². The molecule has 2 aromatic heterocycles. The van der Waals surface area contributed by atoms with Crippen molar-refractivity contribution in [2.45, 2.75) is 19.5 Å².